The highest BCUT2D eigenvalue weighted by Gasteiger charge is 2.28. The van der Waals surface area contributed by atoms with E-state index in [-0.39, 0.29) is 0 Å². The molecule has 1 aromatic rings. The van der Waals surface area contributed by atoms with Crippen LogP contribution in [0.15, 0.2) is 46.2 Å². The summed E-state index contributed by atoms with van der Waals surface area (Å²) in [5, 5.41) is 3.46. The predicted molar refractivity (Wildman–Crippen MR) is 96.0 cm³/mol. The number of fused-ring (bicyclic) bond motifs is 1. The average molecular weight is 342 g/mol. The molecule has 1 saturated heterocycles. The van der Waals surface area contributed by atoms with Gasteiger partial charge >= 0.3 is 0 Å². The zero-order chi connectivity index (χ0) is 16.7. The smallest absolute Gasteiger partial charge is 0.143 e. The minimum absolute atomic E-state index is 0.395. The second kappa shape index (κ2) is 6.31. The Hall–Kier alpha value is -1.69. The van der Waals surface area contributed by atoms with Gasteiger partial charge < -0.3 is 10.1 Å². The first-order chi connectivity index (χ1) is 11.7. The van der Waals surface area contributed by atoms with E-state index in [2.05, 4.69) is 35.3 Å². The Morgan fingerprint density at radius 1 is 1.29 bits per heavy atom. The van der Waals surface area contributed by atoms with Crippen LogP contribution in [-0.4, -0.2) is 42.4 Å². The number of likely N-dealkylation sites (N-methyl/N-ethyl adjacent to an activating group) is 1. The summed E-state index contributed by atoms with van der Waals surface area (Å²) in [6, 6.07) is 12.6. The third-order valence-corrected chi connectivity index (χ3v) is 6.33. The van der Waals surface area contributed by atoms with E-state index in [1.54, 1.807) is 7.11 Å². The van der Waals surface area contributed by atoms with Crippen LogP contribution in [-0.2, 0) is 10.8 Å². The Bertz CT molecular complexity index is 789. The molecule has 4 nitrogen and oxygen atoms in total. The number of hydrogen-bond donors (Lipinski definition) is 1. The van der Waals surface area contributed by atoms with E-state index in [1.807, 2.05) is 18.2 Å². The average Bonchev–Trinajstić information content (AvgIpc) is 3.32. The molecule has 126 valence electrons. The monoisotopic (exact) mass is 342 g/mol. The molecule has 24 heavy (non-hydrogen) atoms. The van der Waals surface area contributed by atoms with Crippen molar-refractivity contribution in [1.82, 2.24) is 10.2 Å². The molecule has 0 spiro atoms. The second-order valence-electron chi connectivity index (χ2n) is 6.24. The summed E-state index contributed by atoms with van der Waals surface area (Å²) in [4.78, 5) is 4.09. The van der Waals surface area contributed by atoms with Crippen LogP contribution in [0.3, 0.4) is 0 Å². The summed E-state index contributed by atoms with van der Waals surface area (Å²) in [6.07, 6.45) is 0. The minimum Gasteiger partial charge on any atom is -0.495 e. The second-order valence-corrected chi connectivity index (χ2v) is 7.69. The first kappa shape index (κ1) is 15.8. The zero-order valence-corrected chi connectivity index (χ0v) is 14.9. The maximum absolute atomic E-state index is 12.9. The SMILES string of the molecule is CCN1CCNCC1c1ccc(S(=O)c2cc3cc-3c2OC)cc1. The zero-order valence-electron chi connectivity index (χ0n) is 14.0. The number of ether oxygens (including phenoxy) is 1. The Labute approximate surface area is 145 Å². The number of hydrogen-bond acceptors (Lipinski definition) is 4. The molecule has 0 amide bonds. The van der Waals surface area contributed by atoms with Crippen LogP contribution in [0.2, 0.25) is 0 Å². The highest BCUT2D eigenvalue weighted by atomic mass is 32.2. The van der Waals surface area contributed by atoms with Crippen molar-refractivity contribution in [3.05, 3.63) is 42.0 Å². The van der Waals surface area contributed by atoms with Gasteiger partial charge in [-0.1, -0.05) is 19.1 Å². The van der Waals surface area contributed by atoms with Crippen molar-refractivity contribution in [2.75, 3.05) is 33.3 Å². The lowest BCUT2D eigenvalue weighted by molar-refractivity contribution is 0.171. The molecule has 1 N–H and O–H groups in total. The summed E-state index contributed by atoms with van der Waals surface area (Å²) >= 11 is 0. The maximum Gasteiger partial charge on any atom is 0.143 e. The molecular formula is C19H22N2O2S. The van der Waals surface area contributed by atoms with Crippen LogP contribution in [0.4, 0.5) is 0 Å². The molecule has 1 fully saturated rings. The molecule has 1 aromatic carbocycles. The van der Waals surface area contributed by atoms with E-state index in [1.165, 1.54) is 5.56 Å². The number of benzene rings is 2. The van der Waals surface area contributed by atoms with Crippen LogP contribution < -0.4 is 10.1 Å². The fraction of sp³-hybridized carbons (Fsp3) is 0.368. The molecular weight excluding hydrogens is 320 g/mol. The molecule has 2 atom stereocenters. The maximum atomic E-state index is 12.9. The number of piperazine rings is 1. The lowest BCUT2D eigenvalue weighted by Crippen LogP contribution is -2.45. The van der Waals surface area contributed by atoms with E-state index < -0.39 is 10.8 Å². The lowest BCUT2D eigenvalue weighted by atomic mass is 10.0. The minimum atomic E-state index is -1.19. The van der Waals surface area contributed by atoms with Gasteiger partial charge in [0.25, 0.3) is 0 Å². The van der Waals surface area contributed by atoms with E-state index >= 15 is 0 Å². The van der Waals surface area contributed by atoms with E-state index in [4.69, 9.17) is 4.74 Å². The van der Waals surface area contributed by atoms with Gasteiger partial charge in [-0.05, 0) is 41.9 Å². The summed E-state index contributed by atoms with van der Waals surface area (Å²) in [5.74, 6) is 0.765. The van der Waals surface area contributed by atoms with Crippen molar-refractivity contribution in [2.45, 2.75) is 22.8 Å². The standard InChI is InChI=1S/C19H22N2O2S/c1-3-21-9-8-20-12-17(21)13-4-6-15(7-5-13)24(22)18-11-14-10-16(14)19(18)23-2/h4-7,10-11,17,20H,3,8-9,12H2,1-2H3. The van der Waals surface area contributed by atoms with Crippen molar-refractivity contribution in [2.24, 2.45) is 0 Å². The van der Waals surface area contributed by atoms with Crippen molar-refractivity contribution in [3.8, 4) is 16.9 Å². The molecule has 0 radical (unpaired) electrons. The Morgan fingerprint density at radius 3 is 2.79 bits per heavy atom. The first-order valence-corrected chi connectivity index (χ1v) is 9.56. The first-order valence-electron chi connectivity index (χ1n) is 8.42. The normalized spacial score (nSPS) is 20.7. The van der Waals surface area contributed by atoms with E-state index in [0.717, 1.165) is 52.8 Å². The quantitative estimate of drug-likeness (QED) is 0.774. The highest BCUT2D eigenvalue weighted by Crippen LogP contribution is 2.49. The highest BCUT2D eigenvalue weighted by molar-refractivity contribution is 7.85. The Kier molecular flexibility index (Phi) is 4.16. The van der Waals surface area contributed by atoms with Gasteiger partial charge in [-0.25, -0.2) is 4.21 Å². The topological polar surface area (TPSA) is 41.6 Å². The van der Waals surface area contributed by atoms with Crippen molar-refractivity contribution < 1.29 is 8.95 Å². The van der Waals surface area contributed by atoms with Gasteiger partial charge in [0, 0.05) is 36.1 Å². The summed E-state index contributed by atoms with van der Waals surface area (Å²) in [7, 11) is 0.445. The van der Waals surface area contributed by atoms with Crippen LogP contribution >= 0.6 is 0 Å². The van der Waals surface area contributed by atoms with Crippen LogP contribution in [0, 0.1) is 0 Å². The largest absolute Gasteiger partial charge is 0.495 e. The number of methoxy groups -OCH3 is 1. The van der Waals surface area contributed by atoms with Crippen molar-refractivity contribution >= 4 is 10.8 Å². The van der Waals surface area contributed by atoms with Crippen LogP contribution in [0.1, 0.15) is 18.5 Å². The van der Waals surface area contributed by atoms with Gasteiger partial charge in [-0.2, -0.15) is 0 Å². The third-order valence-electron chi connectivity index (χ3n) is 4.93. The molecule has 4 rings (SSSR count). The summed E-state index contributed by atoms with van der Waals surface area (Å²) < 4.78 is 18.3. The molecule has 0 aromatic heterocycles. The fourth-order valence-corrected chi connectivity index (χ4v) is 4.75. The predicted octanol–water partition coefficient (Wildman–Crippen LogP) is 2.81. The van der Waals surface area contributed by atoms with Gasteiger partial charge in [0.15, 0.2) is 0 Å². The Morgan fingerprint density at radius 2 is 2.08 bits per heavy atom. The lowest BCUT2D eigenvalue weighted by Gasteiger charge is -2.35. The van der Waals surface area contributed by atoms with Gasteiger partial charge in [0.05, 0.1) is 22.8 Å². The van der Waals surface area contributed by atoms with Gasteiger partial charge in [-0.3, -0.25) is 4.90 Å². The number of rotatable bonds is 5. The molecule has 0 saturated carbocycles. The summed E-state index contributed by atoms with van der Waals surface area (Å²) in [5.41, 5.74) is 3.53. The fourth-order valence-electron chi connectivity index (χ4n) is 3.52. The summed E-state index contributed by atoms with van der Waals surface area (Å²) in [6.45, 7) is 6.34. The van der Waals surface area contributed by atoms with E-state index in [0.29, 0.717) is 6.04 Å². The van der Waals surface area contributed by atoms with Crippen molar-refractivity contribution in [1.29, 1.82) is 0 Å². The molecule has 0 bridgehead atoms. The van der Waals surface area contributed by atoms with Crippen LogP contribution in [0.5, 0.6) is 5.75 Å². The van der Waals surface area contributed by atoms with Crippen LogP contribution in [0.25, 0.3) is 11.1 Å². The van der Waals surface area contributed by atoms with Gasteiger partial charge in [0.2, 0.25) is 0 Å². The molecule has 3 aliphatic rings. The Balaban J connectivity index is 1.57. The molecule has 2 aliphatic carbocycles. The molecule has 2 unspecified atom stereocenters. The number of nitrogens with zero attached hydrogens (tertiary/aromatic N) is 1. The number of nitrogens with one attached hydrogen (secondary N) is 1. The molecule has 1 aliphatic heterocycles. The van der Waals surface area contributed by atoms with Gasteiger partial charge in [0.1, 0.15) is 5.75 Å². The van der Waals surface area contributed by atoms with Gasteiger partial charge in [-0.15, -0.1) is 0 Å². The van der Waals surface area contributed by atoms with Crippen molar-refractivity contribution in [3.63, 3.8) is 0 Å². The molecule has 5 heteroatoms. The molecule has 1 heterocycles. The third kappa shape index (κ3) is 2.66. The van der Waals surface area contributed by atoms with E-state index in [9.17, 15) is 4.21 Å².